The first kappa shape index (κ1) is 14.4. The van der Waals surface area contributed by atoms with Crippen molar-refractivity contribution in [3.05, 3.63) is 11.7 Å². The second-order valence-electron chi connectivity index (χ2n) is 5.22. The van der Waals surface area contributed by atoms with Crippen LogP contribution in [0.4, 0.5) is 0 Å². The predicted octanol–water partition coefficient (Wildman–Crippen LogP) is 1.30. The molecule has 0 radical (unpaired) electrons. The standard InChI is InChI=1S/C13H23N3O3/c1-4-12(3,18-5-2)10-15-11(19-16-10)13(17)6-8-14-9-7-13/h14,17H,4-9H2,1-3H3. The summed E-state index contributed by atoms with van der Waals surface area (Å²) in [7, 11) is 0. The normalized spacial score (nSPS) is 22.1. The molecule has 0 amide bonds. The lowest BCUT2D eigenvalue weighted by Gasteiger charge is -2.29. The Morgan fingerprint density at radius 2 is 2.11 bits per heavy atom. The van der Waals surface area contributed by atoms with Gasteiger partial charge in [-0.05, 0) is 46.2 Å². The van der Waals surface area contributed by atoms with Crippen LogP contribution in [0.3, 0.4) is 0 Å². The van der Waals surface area contributed by atoms with E-state index in [9.17, 15) is 5.11 Å². The smallest absolute Gasteiger partial charge is 0.258 e. The van der Waals surface area contributed by atoms with E-state index in [0.717, 1.165) is 19.5 Å². The van der Waals surface area contributed by atoms with Gasteiger partial charge in [0.2, 0.25) is 5.82 Å². The van der Waals surface area contributed by atoms with Gasteiger partial charge >= 0.3 is 0 Å². The van der Waals surface area contributed by atoms with E-state index in [1.807, 2.05) is 20.8 Å². The molecule has 6 heteroatoms. The number of ether oxygens (including phenoxy) is 1. The van der Waals surface area contributed by atoms with Crippen LogP contribution in [0.25, 0.3) is 0 Å². The number of hydrogen-bond donors (Lipinski definition) is 2. The molecule has 1 fully saturated rings. The first-order valence-corrected chi connectivity index (χ1v) is 6.96. The molecule has 0 saturated carbocycles. The number of hydrogen-bond acceptors (Lipinski definition) is 6. The van der Waals surface area contributed by atoms with Crippen LogP contribution in [0.5, 0.6) is 0 Å². The number of nitrogens with zero attached hydrogens (tertiary/aromatic N) is 2. The Morgan fingerprint density at radius 3 is 2.68 bits per heavy atom. The zero-order valence-corrected chi connectivity index (χ0v) is 11.9. The van der Waals surface area contributed by atoms with Crippen molar-refractivity contribution in [2.45, 2.75) is 51.2 Å². The van der Waals surface area contributed by atoms with E-state index >= 15 is 0 Å². The summed E-state index contributed by atoms with van der Waals surface area (Å²) >= 11 is 0. The molecule has 1 saturated heterocycles. The molecule has 0 aliphatic carbocycles. The second kappa shape index (κ2) is 5.56. The summed E-state index contributed by atoms with van der Waals surface area (Å²) in [6.45, 7) is 8.00. The summed E-state index contributed by atoms with van der Waals surface area (Å²) in [5, 5.41) is 17.8. The third-order valence-corrected chi connectivity index (χ3v) is 3.87. The van der Waals surface area contributed by atoms with Gasteiger partial charge in [0.1, 0.15) is 11.2 Å². The minimum Gasteiger partial charge on any atom is -0.380 e. The molecule has 0 bridgehead atoms. The molecule has 1 unspecified atom stereocenters. The maximum atomic E-state index is 10.5. The summed E-state index contributed by atoms with van der Waals surface area (Å²) < 4.78 is 11.0. The number of nitrogens with one attached hydrogen (secondary N) is 1. The van der Waals surface area contributed by atoms with Gasteiger partial charge in [0.05, 0.1) is 0 Å². The van der Waals surface area contributed by atoms with Crippen molar-refractivity contribution in [3.8, 4) is 0 Å². The SMILES string of the molecule is CCOC(C)(CC)c1noc(C2(O)CCNCC2)n1. The molecule has 1 aliphatic heterocycles. The van der Waals surface area contributed by atoms with Gasteiger partial charge < -0.3 is 19.7 Å². The van der Waals surface area contributed by atoms with E-state index < -0.39 is 11.2 Å². The zero-order chi connectivity index (χ0) is 13.9. The Hall–Kier alpha value is -0.980. The molecular formula is C13H23N3O3. The molecule has 108 valence electrons. The van der Waals surface area contributed by atoms with E-state index in [1.165, 1.54) is 0 Å². The van der Waals surface area contributed by atoms with Crippen molar-refractivity contribution >= 4 is 0 Å². The van der Waals surface area contributed by atoms with Crippen molar-refractivity contribution in [3.63, 3.8) is 0 Å². The summed E-state index contributed by atoms with van der Waals surface area (Å²) in [6, 6.07) is 0. The molecule has 19 heavy (non-hydrogen) atoms. The quantitative estimate of drug-likeness (QED) is 0.838. The van der Waals surface area contributed by atoms with Crippen molar-refractivity contribution in [1.82, 2.24) is 15.5 Å². The van der Waals surface area contributed by atoms with Crippen LogP contribution in [-0.4, -0.2) is 34.9 Å². The fourth-order valence-electron chi connectivity index (χ4n) is 2.32. The van der Waals surface area contributed by atoms with Crippen molar-refractivity contribution in [1.29, 1.82) is 0 Å². The van der Waals surface area contributed by atoms with E-state index in [4.69, 9.17) is 9.26 Å². The fourth-order valence-corrected chi connectivity index (χ4v) is 2.32. The van der Waals surface area contributed by atoms with Crippen LogP contribution in [0.15, 0.2) is 4.52 Å². The zero-order valence-electron chi connectivity index (χ0n) is 11.9. The van der Waals surface area contributed by atoms with Gasteiger partial charge in [-0.2, -0.15) is 4.98 Å². The van der Waals surface area contributed by atoms with Gasteiger partial charge in [-0.1, -0.05) is 12.1 Å². The lowest BCUT2D eigenvalue weighted by atomic mass is 9.92. The number of piperidine rings is 1. The molecule has 6 nitrogen and oxygen atoms in total. The summed E-state index contributed by atoms with van der Waals surface area (Å²) in [6.07, 6.45) is 1.93. The molecule has 2 N–H and O–H groups in total. The number of aliphatic hydroxyl groups is 1. The maximum Gasteiger partial charge on any atom is 0.258 e. The average molecular weight is 269 g/mol. The first-order valence-electron chi connectivity index (χ1n) is 6.96. The lowest BCUT2D eigenvalue weighted by molar-refractivity contribution is -0.0403. The fraction of sp³-hybridized carbons (Fsp3) is 0.846. The average Bonchev–Trinajstić information content (AvgIpc) is 2.91. The number of rotatable bonds is 5. The Labute approximate surface area is 113 Å². The van der Waals surface area contributed by atoms with Gasteiger partial charge in [-0.25, -0.2) is 0 Å². The van der Waals surface area contributed by atoms with E-state index in [0.29, 0.717) is 31.2 Å². The summed E-state index contributed by atoms with van der Waals surface area (Å²) in [5.74, 6) is 0.821. The van der Waals surface area contributed by atoms with Gasteiger partial charge in [-0.15, -0.1) is 0 Å². The summed E-state index contributed by atoms with van der Waals surface area (Å²) in [4.78, 5) is 4.39. The molecule has 2 rings (SSSR count). The minimum absolute atomic E-state index is 0.309. The molecule has 0 aromatic carbocycles. The van der Waals surface area contributed by atoms with Crippen LogP contribution in [-0.2, 0) is 15.9 Å². The third kappa shape index (κ3) is 2.80. The van der Waals surface area contributed by atoms with Crippen molar-refractivity contribution < 1.29 is 14.4 Å². The van der Waals surface area contributed by atoms with E-state index in [2.05, 4.69) is 15.5 Å². The van der Waals surface area contributed by atoms with Crippen LogP contribution in [0, 0.1) is 0 Å². The molecule has 1 aliphatic rings. The van der Waals surface area contributed by atoms with Crippen LogP contribution in [0.1, 0.15) is 51.7 Å². The van der Waals surface area contributed by atoms with E-state index in [-0.39, 0.29) is 0 Å². The Bertz CT molecular complexity index is 391. The highest BCUT2D eigenvalue weighted by Gasteiger charge is 2.39. The molecular weight excluding hydrogens is 246 g/mol. The predicted molar refractivity (Wildman–Crippen MR) is 69.6 cm³/mol. The van der Waals surface area contributed by atoms with Crippen LogP contribution < -0.4 is 5.32 Å². The van der Waals surface area contributed by atoms with Gasteiger partial charge in [0, 0.05) is 6.61 Å². The van der Waals surface area contributed by atoms with Crippen molar-refractivity contribution in [2.75, 3.05) is 19.7 Å². The molecule has 0 spiro atoms. The highest BCUT2D eigenvalue weighted by atomic mass is 16.5. The monoisotopic (exact) mass is 269 g/mol. The Balaban J connectivity index is 2.22. The van der Waals surface area contributed by atoms with Gasteiger partial charge in [0.15, 0.2) is 0 Å². The molecule has 1 aromatic rings. The van der Waals surface area contributed by atoms with Crippen LogP contribution >= 0.6 is 0 Å². The number of aromatic nitrogens is 2. The molecule has 2 heterocycles. The highest BCUT2D eigenvalue weighted by molar-refractivity contribution is 5.05. The van der Waals surface area contributed by atoms with Crippen LogP contribution in [0.2, 0.25) is 0 Å². The molecule has 1 atom stereocenters. The topological polar surface area (TPSA) is 80.4 Å². The second-order valence-corrected chi connectivity index (χ2v) is 5.22. The lowest BCUT2D eigenvalue weighted by Crippen LogP contribution is -2.40. The third-order valence-electron chi connectivity index (χ3n) is 3.87. The van der Waals surface area contributed by atoms with Gasteiger partial charge in [-0.3, -0.25) is 0 Å². The maximum absolute atomic E-state index is 10.5. The molecule has 1 aromatic heterocycles. The Kier molecular flexibility index (Phi) is 4.23. The first-order chi connectivity index (χ1) is 9.04. The Morgan fingerprint density at radius 1 is 1.42 bits per heavy atom. The highest BCUT2D eigenvalue weighted by Crippen LogP contribution is 2.32. The largest absolute Gasteiger partial charge is 0.380 e. The van der Waals surface area contributed by atoms with E-state index in [1.54, 1.807) is 0 Å². The minimum atomic E-state index is -1.00. The van der Waals surface area contributed by atoms with Gasteiger partial charge in [0.25, 0.3) is 5.89 Å². The summed E-state index contributed by atoms with van der Waals surface area (Å²) in [5.41, 5.74) is -1.56. The van der Waals surface area contributed by atoms with Crippen molar-refractivity contribution in [2.24, 2.45) is 0 Å².